The van der Waals surface area contributed by atoms with E-state index in [0.29, 0.717) is 5.69 Å². The highest BCUT2D eigenvalue weighted by Crippen LogP contribution is 2.31. The first-order chi connectivity index (χ1) is 8.73. The van der Waals surface area contributed by atoms with Crippen LogP contribution in [-0.2, 0) is 10.0 Å². The van der Waals surface area contributed by atoms with Crippen molar-refractivity contribution in [3.05, 3.63) is 23.5 Å². The Bertz CT molecular complexity index is 604. The number of nitrogens with zero attached hydrogens (tertiary/aromatic N) is 2. The van der Waals surface area contributed by atoms with Gasteiger partial charge in [0.05, 0.1) is 11.9 Å². The fourth-order valence-electron chi connectivity index (χ4n) is 1.87. The molecule has 0 fully saturated rings. The maximum atomic E-state index is 12.5. The number of sulfonamides is 1. The first-order valence-corrected chi connectivity index (χ1v) is 6.93. The summed E-state index contributed by atoms with van der Waals surface area (Å²) in [7, 11) is -3.79. The van der Waals surface area contributed by atoms with Crippen LogP contribution in [0.2, 0.25) is 0 Å². The highest BCUT2D eigenvalue weighted by molar-refractivity contribution is 7.89. The number of aromatic nitrogens is 2. The summed E-state index contributed by atoms with van der Waals surface area (Å²) in [5.74, 6) is 0. The van der Waals surface area contributed by atoms with Gasteiger partial charge in [-0.25, -0.2) is 8.42 Å². The third-order valence-corrected chi connectivity index (χ3v) is 4.92. The third kappa shape index (κ3) is 2.66. The van der Waals surface area contributed by atoms with E-state index in [0.717, 1.165) is 16.6 Å². The maximum absolute atomic E-state index is 12.5. The minimum Gasteiger partial charge on any atom is -0.281 e. The van der Waals surface area contributed by atoms with E-state index in [9.17, 15) is 21.6 Å². The Kier molecular flexibility index (Phi) is 3.43. The number of aryl methyl sites for hydroxylation is 1. The average molecular weight is 295 g/mol. The molecule has 9 heteroatoms. The summed E-state index contributed by atoms with van der Waals surface area (Å²) >= 11 is 0. The lowest BCUT2D eigenvalue weighted by atomic mass is 10.1. The normalized spacial score (nSPS) is 18.4. The Balaban J connectivity index is 2.23. The first-order valence-electron chi connectivity index (χ1n) is 5.49. The van der Waals surface area contributed by atoms with Crippen LogP contribution in [0.5, 0.6) is 0 Å². The molecule has 0 aliphatic carbocycles. The van der Waals surface area contributed by atoms with Crippen molar-refractivity contribution >= 4 is 10.0 Å². The van der Waals surface area contributed by atoms with Crippen LogP contribution in [0.15, 0.2) is 22.7 Å². The predicted molar refractivity (Wildman–Crippen MR) is 60.8 cm³/mol. The van der Waals surface area contributed by atoms with Gasteiger partial charge in [-0.05, 0) is 13.3 Å². The van der Waals surface area contributed by atoms with E-state index in [1.807, 2.05) is 0 Å². The number of aromatic amines is 1. The van der Waals surface area contributed by atoms with Gasteiger partial charge in [-0.15, -0.1) is 0 Å². The van der Waals surface area contributed by atoms with Crippen molar-refractivity contribution in [3.8, 4) is 0 Å². The number of halogens is 3. The van der Waals surface area contributed by atoms with Gasteiger partial charge < -0.3 is 0 Å². The molecule has 0 amide bonds. The van der Waals surface area contributed by atoms with Gasteiger partial charge in [0, 0.05) is 18.7 Å². The molecule has 1 aromatic rings. The van der Waals surface area contributed by atoms with Crippen molar-refractivity contribution in [1.82, 2.24) is 14.5 Å². The molecular weight excluding hydrogens is 283 g/mol. The van der Waals surface area contributed by atoms with Crippen LogP contribution in [0.4, 0.5) is 13.2 Å². The number of hydrogen-bond donors (Lipinski definition) is 1. The van der Waals surface area contributed by atoms with E-state index in [4.69, 9.17) is 0 Å². The molecule has 1 aliphatic rings. The van der Waals surface area contributed by atoms with Crippen molar-refractivity contribution in [2.24, 2.45) is 0 Å². The third-order valence-electron chi connectivity index (χ3n) is 2.94. The number of alkyl halides is 3. The summed E-state index contributed by atoms with van der Waals surface area (Å²) in [6.07, 6.45) is -2.65. The molecule has 0 atom stereocenters. The Morgan fingerprint density at radius 3 is 2.53 bits per heavy atom. The van der Waals surface area contributed by atoms with Gasteiger partial charge in [0.15, 0.2) is 0 Å². The molecule has 5 nitrogen and oxygen atoms in total. The predicted octanol–water partition coefficient (Wildman–Crippen LogP) is 1.60. The molecule has 0 aromatic carbocycles. The van der Waals surface area contributed by atoms with Gasteiger partial charge in [-0.2, -0.15) is 22.6 Å². The summed E-state index contributed by atoms with van der Waals surface area (Å²) in [6.45, 7) is 1.08. The van der Waals surface area contributed by atoms with Crippen LogP contribution in [-0.4, -0.2) is 42.2 Å². The number of H-pyrrole nitrogens is 1. The second kappa shape index (κ2) is 4.64. The van der Waals surface area contributed by atoms with Gasteiger partial charge in [0.1, 0.15) is 4.90 Å². The quantitative estimate of drug-likeness (QED) is 0.843. The van der Waals surface area contributed by atoms with E-state index in [1.165, 1.54) is 0 Å². The Hall–Kier alpha value is -1.35. The molecule has 1 aromatic heterocycles. The van der Waals surface area contributed by atoms with E-state index >= 15 is 0 Å². The minimum absolute atomic E-state index is 0.00337. The number of rotatable bonds is 2. The molecule has 2 rings (SSSR count). The van der Waals surface area contributed by atoms with Crippen molar-refractivity contribution in [2.45, 2.75) is 24.4 Å². The largest absolute Gasteiger partial charge is 0.412 e. The van der Waals surface area contributed by atoms with Crippen LogP contribution in [0.1, 0.15) is 12.1 Å². The molecule has 1 aliphatic heterocycles. The number of hydrogen-bond acceptors (Lipinski definition) is 3. The minimum atomic E-state index is -4.39. The molecule has 0 unspecified atom stereocenters. The van der Waals surface area contributed by atoms with Gasteiger partial charge in [-0.1, -0.05) is 6.08 Å². The zero-order valence-electron chi connectivity index (χ0n) is 10.0. The standard InChI is InChI=1S/C10H12F3N3O2S/c1-7-9(6-14-15-7)19(17,18)16-4-2-8(3-5-16)10(11,12)13/h2,6H,3-5H2,1H3,(H,14,15). The molecular formula is C10H12F3N3O2S. The highest BCUT2D eigenvalue weighted by Gasteiger charge is 2.37. The topological polar surface area (TPSA) is 66.1 Å². The van der Waals surface area contributed by atoms with Gasteiger partial charge in [0.2, 0.25) is 10.0 Å². The van der Waals surface area contributed by atoms with E-state index in [-0.39, 0.29) is 24.4 Å². The van der Waals surface area contributed by atoms with E-state index in [2.05, 4.69) is 10.2 Å². The fourth-order valence-corrected chi connectivity index (χ4v) is 3.36. The molecule has 0 bridgehead atoms. The summed E-state index contributed by atoms with van der Waals surface area (Å²) in [5.41, 5.74) is -0.312. The molecule has 0 saturated heterocycles. The van der Waals surface area contributed by atoms with Crippen molar-refractivity contribution < 1.29 is 21.6 Å². The zero-order chi connectivity index (χ0) is 14.3. The van der Waals surface area contributed by atoms with Crippen LogP contribution in [0, 0.1) is 6.92 Å². The second-order valence-corrected chi connectivity index (χ2v) is 6.11. The van der Waals surface area contributed by atoms with Crippen LogP contribution in [0.3, 0.4) is 0 Å². The average Bonchev–Trinajstić information content (AvgIpc) is 2.75. The van der Waals surface area contributed by atoms with Crippen molar-refractivity contribution in [2.75, 3.05) is 13.1 Å². The first kappa shape index (κ1) is 14.1. The molecule has 0 spiro atoms. The monoisotopic (exact) mass is 295 g/mol. The van der Waals surface area contributed by atoms with Crippen LogP contribution < -0.4 is 0 Å². The van der Waals surface area contributed by atoms with Crippen molar-refractivity contribution in [3.63, 3.8) is 0 Å². The number of nitrogens with one attached hydrogen (secondary N) is 1. The van der Waals surface area contributed by atoms with E-state index in [1.54, 1.807) is 6.92 Å². The molecule has 0 radical (unpaired) electrons. The summed E-state index contributed by atoms with van der Waals surface area (Å²) in [6, 6.07) is 0. The molecule has 106 valence electrons. The Morgan fingerprint density at radius 1 is 1.42 bits per heavy atom. The van der Waals surface area contributed by atoms with Crippen molar-refractivity contribution in [1.29, 1.82) is 0 Å². The Morgan fingerprint density at radius 2 is 2.11 bits per heavy atom. The summed E-state index contributed by atoms with van der Waals surface area (Å²) < 4.78 is 62.7. The fraction of sp³-hybridized carbons (Fsp3) is 0.500. The lowest BCUT2D eigenvalue weighted by molar-refractivity contribution is -0.0953. The molecule has 2 heterocycles. The molecule has 1 N–H and O–H groups in total. The Labute approximate surface area is 108 Å². The summed E-state index contributed by atoms with van der Waals surface area (Å²) in [4.78, 5) is -0.00337. The van der Waals surface area contributed by atoms with Crippen LogP contribution in [0.25, 0.3) is 0 Å². The van der Waals surface area contributed by atoms with Gasteiger partial charge in [0.25, 0.3) is 0 Å². The SMILES string of the molecule is Cc1[nH]ncc1S(=O)(=O)N1CC=C(C(F)(F)F)CC1. The maximum Gasteiger partial charge on any atom is 0.412 e. The van der Waals surface area contributed by atoms with Crippen LogP contribution >= 0.6 is 0 Å². The van der Waals surface area contributed by atoms with Gasteiger partial charge >= 0.3 is 6.18 Å². The molecule has 19 heavy (non-hydrogen) atoms. The smallest absolute Gasteiger partial charge is 0.281 e. The van der Waals surface area contributed by atoms with Gasteiger partial charge in [-0.3, -0.25) is 5.10 Å². The second-order valence-electron chi connectivity index (χ2n) is 4.20. The summed E-state index contributed by atoms with van der Waals surface area (Å²) in [5, 5.41) is 6.11. The lowest BCUT2D eigenvalue weighted by Crippen LogP contribution is -2.36. The highest BCUT2D eigenvalue weighted by atomic mass is 32.2. The zero-order valence-corrected chi connectivity index (χ0v) is 10.8. The van der Waals surface area contributed by atoms with E-state index < -0.39 is 21.8 Å². The lowest BCUT2D eigenvalue weighted by Gasteiger charge is -2.26. The molecule has 0 saturated carbocycles.